The van der Waals surface area contributed by atoms with Gasteiger partial charge in [-0.3, -0.25) is 4.98 Å². The average molecular weight is 564 g/mol. The lowest BCUT2D eigenvalue weighted by atomic mass is 9.66. The maximum Gasteiger partial charge on any atom is 0.160 e. The predicted octanol–water partition coefficient (Wildman–Crippen LogP) is 9.34. The van der Waals surface area contributed by atoms with Crippen molar-refractivity contribution >= 4 is 0 Å². The number of benzene rings is 5. The summed E-state index contributed by atoms with van der Waals surface area (Å²) in [4.78, 5) is 14.6. The van der Waals surface area contributed by atoms with Crippen LogP contribution >= 0.6 is 0 Å². The molecule has 5 aromatic carbocycles. The fourth-order valence-corrected chi connectivity index (χ4v) is 6.98. The molecule has 4 nitrogen and oxygen atoms in total. The van der Waals surface area contributed by atoms with Gasteiger partial charge in [0.05, 0.1) is 22.5 Å². The Kier molecular flexibility index (Phi) is 5.38. The average Bonchev–Trinajstić information content (AvgIpc) is 3.39. The van der Waals surface area contributed by atoms with Crippen molar-refractivity contribution in [1.29, 1.82) is 0 Å². The normalized spacial score (nSPS) is 13.4. The number of hydrogen-bond acceptors (Lipinski definition) is 4. The molecular weight excluding hydrogens is 538 g/mol. The van der Waals surface area contributed by atoms with Crippen LogP contribution in [-0.4, -0.2) is 15.0 Å². The number of fused-ring (bicyclic) bond motifs is 9. The third-order valence-electron chi connectivity index (χ3n) is 8.83. The minimum atomic E-state index is -0.490. The fraction of sp³-hybridized carbons (Fsp3) is 0.0250. The van der Waals surface area contributed by atoms with Crippen LogP contribution in [0.2, 0.25) is 0 Å². The molecule has 206 valence electrons. The number of rotatable bonds is 3. The van der Waals surface area contributed by atoms with Crippen LogP contribution in [0, 0.1) is 0 Å². The number of para-hydroxylation sites is 1. The molecule has 0 amide bonds. The zero-order valence-corrected chi connectivity index (χ0v) is 23.7. The van der Waals surface area contributed by atoms with Gasteiger partial charge < -0.3 is 4.74 Å². The van der Waals surface area contributed by atoms with Gasteiger partial charge >= 0.3 is 0 Å². The van der Waals surface area contributed by atoms with Crippen LogP contribution in [0.3, 0.4) is 0 Å². The first kappa shape index (κ1) is 24.7. The second kappa shape index (κ2) is 9.58. The molecule has 0 bridgehead atoms. The molecule has 0 N–H and O–H groups in total. The van der Waals surface area contributed by atoms with E-state index in [4.69, 9.17) is 14.7 Å². The summed E-state index contributed by atoms with van der Waals surface area (Å²) in [5, 5.41) is 0. The molecule has 0 radical (unpaired) electrons. The Balaban J connectivity index is 1.28. The quantitative estimate of drug-likeness (QED) is 0.215. The maximum atomic E-state index is 6.73. The monoisotopic (exact) mass is 563 g/mol. The van der Waals surface area contributed by atoms with Crippen LogP contribution in [-0.2, 0) is 5.41 Å². The molecule has 0 unspecified atom stereocenters. The highest BCUT2D eigenvalue weighted by molar-refractivity contribution is 5.89. The summed E-state index contributed by atoms with van der Waals surface area (Å²) in [6.45, 7) is 0. The maximum absolute atomic E-state index is 6.73. The summed E-state index contributed by atoms with van der Waals surface area (Å²) in [6, 6.07) is 50.5. The molecule has 1 aliphatic carbocycles. The topological polar surface area (TPSA) is 47.9 Å². The Hall–Kier alpha value is -5.87. The molecule has 7 aromatic rings. The van der Waals surface area contributed by atoms with Crippen molar-refractivity contribution in [3.8, 4) is 56.7 Å². The summed E-state index contributed by atoms with van der Waals surface area (Å²) in [5.74, 6) is 2.35. The van der Waals surface area contributed by atoms with E-state index in [2.05, 4.69) is 89.9 Å². The predicted molar refractivity (Wildman–Crippen MR) is 174 cm³/mol. The van der Waals surface area contributed by atoms with Crippen molar-refractivity contribution in [1.82, 2.24) is 15.0 Å². The van der Waals surface area contributed by atoms with Crippen molar-refractivity contribution in [2.45, 2.75) is 5.41 Å². The molecule has 1 aliphatic heterocycles. The second-order valence-electron chi connectivity index (χ2n) is 11.2. The summed E-state index contributed by atoms with van der Waals surface area (Å²) >= 11 is 0. The number of pyridine rings is 1. The lowest BCUT2D eigenvalue weighted by molar-refractivity contribution is 0.436. The Labute approximate surface area is 255 Å². The van der Waals surface area contributed by atoms with Gasteiger partial charge in [0.1, 0.15) is 11.5 Å². The minimum absolute atomic E-state index is 0.490. The van der Waals surface area contributed by atoms with Crippen LogP contribution in [0.5, 0.6) is 11.5 Å². The molecule has 0 saturated heterocycles. The van der Waals surface area contributed by atoms with E-state index in [0.29, 0.717) is 5.82 Å². The van der Waals surface area contributed by atoms with E-state index in [1.807, 2.05) is 60.7 Å². The molecule has 0 fully saturated rings. The first-order valence-electron chi connectivity index (χ1n) is 14.8. The molecule has 1 spiro atoms. The van der Waals surface area contributed by atoms with Gasteiger partial charge in [0.25, 0.3) is 0 Å². The zero-order valence-electron chi connectivity index (χ0n) is 23.7. The van der Waals surface area contributed by atoms with Crippen LogP contribution in [0.4, 0.5) is 0 Å². The molecular formula is C40H25N3O. The number of nitrogens with zero attached hydrogens (tertiary/aromatic N) is 3. The number of ether oxygens (including phenoxy) is 1. The van der Waals surface area contributed by atoms with Crippen LogP contribution in [0.15, 0.2) is 152 Å². The van der Waals surface area contributed by atoms with E-state index in [9.17, 15) is 0 Å². The molecule has 3 heterocycles. The van der Waals surface area contributed by atoms with Crippen LogP contribution < -0.4 is 4.74 Å². The van der Waals surface area contributed by atoms with Gasteiger partial charge in [-0.05, 0) is 52.6 Å². The first-order chi connectivity index (χ1) is 21.8. The molecule has 44 heavy (non-hydrogen) atoms. The Morgan fingerprint density at radius 3 is 1.82 bits per heavy atom. The molecule has 9 rings (SSSR count). The van der Waals surface area contributed by atoms with Crippen molar-refractivity contribution in [2.75, 3.05) is 0 Å². The van der Waals surface area contributed by atoms with Crippen molar-refractivity contribution < 1.29 is 4.74 Å². The number of hydrogen-bond donors (Lipinski definition) is 0. The largest absolute Gasteiger partial charge is 0.457 e. The van der Waals surface area contributed by atoms with Crippen molar-refractivity contribution in [3.63, 3.8) is 0 Å². The lowest BCUT2D eigenvalue weighted by Crippen LogP contribution is -2.32. The Bertz CT molecular complexity index is 2110. The van der Waals surface area contributed by atoms with Crippen molar-refractivity contribution in [2.24, 2.45) is 0 Å². The second-order valence-corrected chi connectivity index (χ2v) is 11.2. The van der Waals surface area contributed by atoms with Gasteiger partial charge in [0, 0.05) is 28.5 Å². The molecule has 2 aliphatic rings. The van der Waals surface area contributed by atoms with Gasteiger partial charge in [0.2, 0.25) is 0 Å². The lowest BCUT2D eigenvalue weighted by Gasteiger charge is -2.39. The molecule has 0 saturated carbocycles. The standard InChI is InChI=1S/C40H25N3O/c1-2-12-26(13-3-1)39-42-35(25-36(43-39)34-19-10-11-23-41-34)27-21-22-33-38(24-27)44-37-20-9-8-18-32(37)40(33)30-16-6-4-14-28(30)29-15-5-7-17-31(29)40/h1-25H. The fourth-order valence-electron chi connectivity index (χ4n) is 6.98. The van der Waals surface area contributed by atoms with E-state index in [0.717, 1.165) is 50.8 Å². The summed E-state index contributed by atoms with van der Waals surface area (Å²) in [5.41, 5.74) is 11.2. The molecule has 0 atom stereocenters. The van der Waals surface area contributed by atoms with Gasteiger partial charge in [-0.15, -0.1) is 0 Å². The first-order valence-corrected chi connectivity index (χ1v) is 14.8. The van der Waals surface area contributed by atoms with Gasteiger partial charge in [0.15, 0.2) is 5.82 Å². The van der Waals surface area contributed by atoms with E-state index < -0.39 is 5.41 Å². The molecule has 2 aromatic heterocycles. The highest BCUT2D eigenvalue weighted by atomic mass is 16.5. The smallest absolute Gasteiger partial charge is 0.160 e. The van der Waals surface area contributed by atoms with Crippen LogP contribution in [0.1, 0.15) is 22.3 Å². The van der Waals surface area contributed by atoms with Gasteiger partial charge in [-0.25, -0.2) is 9.97 Å². The third-order valence-corrected chi connectivity index (χ3v) is 8.83. The van der Waals surface area contributed by atoms with Gasteiger partial charge in [-0.1, -0.05) is 115 Å². The van der Waals surface area contributed by atoms with Gasteiger partial charge in [-0.2, -0.15) is 0 Å². The Morgan fingerprint density at radius 2 is 1.07 bits per heavy atom. The van der Waals surface area contributed by atoms with Crippen LogP contribution in [0.25, 0.3) is 45.2 Å². The third kappa shape index (κ3) is 3.55. The van der Waals surface area contributed by atoms with E-state index in [-0.39, 0.29) is 0 Å². The van der Waals surface area contributed by atoms with E-state index >= 15 is 0 Å². The van der Waals surface area contributed by atoms with Crippen molar-refractivity contribution in [3.05, 3.63) is 174 Å². The van der Waals surface area contributed by atoms with E-state index in [1.54, 1.807) is 6.20 Å². The highest BCUT2D eigenvalue weighted by Gasteiger charge is 2.50. The molecule has 4 heteroatoms. The minimum Gasteiger partial charge on any atom is -0.457 e. The summed E-state index contributed by atoms with van der Waals surface area (Å²) in [6.07, 6.45) is 1.79. The Morgan fingerprint density at radius 1 is 0.432 bits per heavy atom. The summed E-state index contributed by atoms with van der Waals surface area (Å²) in [7, 11) is 0. The summed E-state index contributed by atoms with van der Waals surface area (Å²) < 4.78 is 6.73. The highest BCUT2D eigenvalue weighted by Crippen LogP contribution is 2.62. The van der Waals surface area contributed by atoms with E-state index in [1.165, 1.54) is 22.3 Å². The zero-order chi connectivity index (χ0) is 29.1. The number of aromatic nitrogens is 3. The SMILES string of the molecule is c1ccc(-c2nc(-c3ccc4c(c3)Oc3ccccc3C43c4ccccc4-c4ccccc43)cc(-c3ccccn3)n2)cc1.